The van der Waals surface area contributed by atoms with E-state index in [0.29, 0.717) is 16.6 Å². The van der Waals surface area contributed by atoms with E-state index in [2.05, 4.69) is 21.2 Å². The summed E-state index contributed by atoms with van der Waals surface area (Å²) in [5.74, 6) is -0.906. The van der Waals surface area contributed by atoms with Crippen LogP contribution in [0.2, 0.25) is 10.0 Å². The summed E-state index contributed by atoms with van der Waals surface area (Å²) in [4.78, 5) is 27.8. The van der Waals surface area contributed by atoms with Gasteiger partial charge in [0.1, 0.15) is 12.6 Å². The number of nitrogens with one attached hydrogen (secondary N) is 1. The molecule has 3 aromatic carbocycles. The van der Waals surface area contributed by atoms with Gasteiger partial charge >= 0.3 is 0 Å². The maximum absolute atomic E-state index is 13.8. The Morgan fingerprint density at radius 2 is 1.65 bits per heavy atom. The molecule has 0 heterocycles. The van der Waals surface area contributed by atoms with Crippen LogP contribution in [-0.2, 0) is 26.2 Å². The van der Waals surface area contributed by atoms with E-state index in [4.69, 9.17) is 23.2 Å². The Hall–Kier alpha value is -2.59. The predicted molar refractivity (Wildman–Crippen MR) is 150 cm³/mol. The first-order valence-corrected chi connectivity index (χ1v) is 14.4. The SMILES string of the molecule is CCNC(=O)[C@@H](C)N(Cc1cccc(Br)c1)C(=O)CN(c1cccc(Cl)c1)S(=O)(=O)c1ccc(Cl)cc1. The molecule has 196 valence electrons. The van der Waals surface area contributed by atoms with Crippen LogP contribution in [0.15, 0.2) is 82.2 Å². The van der Waals surface area contributed by atoms with Crippen LogP contribution in [0.1, 0.15) is 19.4 Å². The Balaban J connectivity index is 2.03. The molecule has 0 aliphatic heterocycles. The van der Waals surface area contributed by atoms with Crippen LogP contribution in [0.4, 0.5) is 5.69 Å². The standard InChI is InChI=1S/C26H26BrCl2N3O4S/c1-3-30-26(34)18(2)31(16-19-6-4-7-20(27)14-19)25(33)17-32(23-9-5-8-22(29)15-23)37(35,36)24-12-10-21(28)11-13-24/h4-15,18H,3,16-17H2,1-2H3,(H,30,34)/t18-/m1/s1. The van der Waals surface area contributed by atoms with Gasteiger partial charge in [0, 0.05) is 27.6 Å². The zero-order valence-corrected chi connectivity index (χ0v) is 24.1. The predicted octanol–water partition coefficient (Wildman–Crippen LogP) is 5.50. The smallest absolute Gasteiger partial charge is 0.264 e. The highest BCUT2D eigenvalue weighted by Gasteiger charge is 2.32. The molecule has 3 aromatic rings. The molecule has 0 aliphatic rings. The second-order valence-electron chi connectivity index (χ2n) is 8.17. The zero-order valence-electron chi connectivity index (χ0n) is 20.2. The summed E-state index contributed by atoms with van der Waals surface area (Å²) in [6, 6.07) is 18.4. The van der Waals surface area contributed by atoms with Gasteiger partial charge in [-0.2, -0.15) is 0 Å². The molecule has 0 fully saturated rings. The van der Waals surface area contributed by atoms with Crippen molar-refractivity contribution in [1.29, 1.82) is 0 Å². The average molecular weight is 627 g/mol. The van der Waals surface area contributed by atoms with Crippen LogP contribution in [0.3, 0.4) is 0 Å². The first-order valence-electron chi connectivity index (χ1n) is 11.4. The van der Waals surface area contributed by atoms with Gasteiger partial charge in [0.05, 0.1) is 10.6 Å². The molecule has 0 unspecified atom stereocenters. The minimum atomic E-state index is -4.19. The van der Waals surface area contributed by atoms with E-state index in [1.807, 2.05) is 24.3 Å². The van der Waals surface area contributed by atoms with Gasteiger partial charge in [0.2, 0.25) is 11.8 Å². The lowest BCUT2D eigenvalue weighted by Crippen LogP contribution is -2.51. The number of benzene rings is 3. The van der Waals surface area contributed by atoms with Crippen LogP contribution in [0, 0.1) is 0 Å². The number of anilines is 1. The van der Waals surface area contributed by atoms with E-state index in [1.54, 1.807) is 32.0 Å². The first-order chi connectivity index (χ1) is 17.5. The number of amides is 2. The van der Waals surface area contributed by atoms with E-state index < -0.39 is 28.5 Å². The number of nitrogens with zero attached hydrogens (tertiary/aromatic N) is 2. The summed E-state index contributed by atoms with van der Waals surface area (Å²) in [5, 5.41) is 3.41. The van der Waals surface area contributed by atoms with Gasteiger partial charge in [-0.1, -0.05) is 57.3 Å². The van der Waals surface area contributed by atoms with Gasteiger partial charge < -0.3 is 10.2 Å². The second kappa shape index (κ2) is 12.8. The monoisotopic (exact) mass is 625 g/mol. The van der Waals surface area contributed by atoms with Crippen molar-refractivity contribution in [2.75, 3.05) is 17.4 Å². The summed E-state index contributed by atoms with van der Waals surface area (Å²) in [5.41, 5.74) is 0.984. The van der Waals surface area contributed by atoms with E-state index in [1.165, 1.54) is 35.2 Å². The van der Waals surface area contributed by atoms with Crippen molar-refractivity contribution >= 4 is 66.7 Å². The topological polar surface area (TPSA) is 86.8 Å². The fourth-order valence-corrected chi connectivity index (χ4v) is 5.79. The van der Waals surface area contributed by atoms with E-state index in [-0.39, 0.29) is 23.0 Å². The molecule has 11 heteroatoms. The van der Waals surface area contributed by atoms with Crippen LogP contribution in [-0.4, -0.2) is 44.3 Å². The molecular weight excluding hydrogens is 601 g/mol. The number of likely N-dealkylation sites (N-methyl/N-ethyl adjacent to an activating group) is 1. The molecule has 1 atom stereocenters. The van der Waals surface area contributed by atoms with Crippen molar-refractivity contribution in [3.8, 4) is 0 Å². The molecule has 3 rings (SSSR count). The summed E-state index contributed by atoms with van der Waals surface area (Å²) < 4.78 is 29.2. The summed E-state index contributed by atoms with van der Waals surface area (Å²) in [7, 11) is -4.19. The molecule has 0 aliphatic carbocycles. The average Bonchev–Trinajstić information content (AvgIpc) is 2.85. The largest absolute Gasteiger partial charge is 0.355 e. The highest BCUT2D eigenvalue weighted by molar-refractivity contribution is 9.10. The van der Waals surface area contributed by atoms with Crippen LogP contribution >= 0.6 is 39.1 Å². The molecule has 0 spiro atoms. The first kappa shape index (κ1) is 29.0. The Morgan fingerprint density at radius 3 is 2.27 bits per heavy atom. The number of halogens is 3. The quantitative estimate of drug-likeness (QED) is 0.322. The fourth-order valence-electron chi connectivity index (χ4n) is 3.63. The van der Waals surface area contributed by atoms with E-state index in [0.717, 1.165) is 14.3 Å². The van der Waals surface area contributed by atoms with Crippen molar-refractivity contribution in [2.24, 2.45) is 0 Å². The lowest BCUT2D eigenvalue weighted by atomic mass is 10.1. The molecule has 37 heavy (non-hydrogen) atoms. The lowest BCUT2D eigenvalue weighted by molar-refractivity contribution is -0.139. The van der Waals surface area contributed by atoms with Crippen LogP contribution in [0.25, 0.3) is 0 Å². The van der Waals surface area contributed by atoms with E-state index in [9.17, 15) is 18.0 Å². The maximum atomic E-state index is 13.8. The molecule has 0 bridgehead atoms. The number of hydrogen-bond acceptors (Lipinski definition) is 4. The zero-order chi connectivity index (χ0) is 27.2. The van der Waals surface area contributed by atoms with Crippen molar-refractivity contribution in [3.63, 3.8) is 0 Å². The molecule has 0 saturated heterocycles. The van der Waals surface area contributed by atoms with Gasteiger partial charge in [0.25, 0.3) is 10.0 Å². The molecule has 0 aromatic heterocycles. The Labute approximate surface area is 235 Å². The number of sulfonamides is 1. The maximum Gasteiger partial charge on any atom is 0.264 e. The Kier molecular flexibility index (Phi) is 10.0. The van der Waals surface area contributed by atoms with Gasteiger partial charge in [-0.3, -0.25) is 13.9 Å². The van der Waals surface area contributed by atoms with Crippen molar-refractivity contribution in [1.82, 2.24) is 10.2 Å². The molecule has 0 radical (unpaired) electrons. The Morgan fingerprint density at radius 1 is 0.973 bits per heavy atom. The van der Waals surface area contributed by atoms with Gasteiger partial charge in [0.15, 0.2) is 0 Å². The van der Waals surface area contributed by atoms with Crippen LogP contribution in [0.5, 0.6) is 0 Å². The Bertz CT molecular complexity index is 1370. The number of carbonyl (C=O) groups is 2. The number of carbonyl (C=O) groups excluding carboxylic acids is 2. The third-order valence-electron chi connectivity index (χ3n) is 5.54. The molecular formula is C26H26BrCl2N3O4S. The van der Waals surface area contributed by atoms with E-state index >= 15 is 0 Å². The third kappa shape index (κ3) is 7.47. The highest BCUT2D eigenvalue weighted by Crippen LogP contribution is 2.27. The van der Waals surface area contributed by atoms with Crippen molar-refractivity contribution < 1.29 is 18.0 Å². The molecule has 1 N–H and O–H groups in total. The molecule has 2 amide bonds. The normalized spacial score (nSPS) is 12.0. The molecule has 7 nitrogen and oxygen atoms in total. The second-order valence-corrected chi connectivity index (χ2v) is 11.8. The summed E-state index contributed by atoms with van der Waals surface area (Å²) in [6.07, 6.45) is 0. The fraction of sp³-hybridized carbons (Fsp3) is 0.231. The number of hydrogen-bond donors (Lipinski definition) is 1. The molecule has 0 saturated carbocycles. The van der Waals surface area contributed by atoms with Crippen LogP contribution < -0.4 is 9.62 Å². The van der Waals surface area contributed by atoms with Crippen molar-refractivity contribution in [3.05, 3.63) is 92.9 Å². The lowest BCUT2D eigenvalue weighted by Gasteiger charge is -2.32. The van der Waals surface area contributed by atoms with Gasteiger partial charge in [-0.15, -0.1) is 0 Å². The van der Waals surface area contributed by atoms with Gasteiger partial charge in [-0.05, 0) is 74.0 Å². The third-order valence-corrected chi connectivity index (χ3v) is 8.31. The van der Waals surface area contributed by atoms with Crippen molar-refractivity contribution in [2.45, 2.75) is 31.3 Å². The highest BCUT2D eigenvalue weighted by atomic mass is 79.9. The minimum Gasteiger partial charge on any atom is -0.355 e. The van der Waals surface area contributed by atoms with Gasteiger partial charge in [-0.25, -0.2) is 8.42 Å². The number of rotatable bonds is 10. The minimum absolute atomic E-state index is 0.0417. The summed E-state index contributed by atoms with van der Waals surface area (Å²) in [6.45, 7) is 3.33. The summed E-state index contributed by atoms with van der Waals surface area (Å²) >= 11 is 15.5.